The highest BCUT2D eigenvalue weighted by Crippen LogP contribution is 2.23. The molecule has 0 amide bonds. The number of nitrogens with zero attached hydrogens (tertiary/aromatic N) is 2. The maximum absolute atomic E-state index is 12.9. The third kappa shape index (κ3) is 3.48. The van der Waals surface area contributed by atoms with E-state index in [1.54, 1.807) is 42.5 Å². The summed E-state index contributed by atoms with van der Waals surface area (Å²) >= 11 is 13.1. The Morgan fingerprint density at radius 1 is 1.12 bits per heavy atom. The van der Waals surface area contributed by atoms with Gasteiger partial charge in [-0.2, -0.15) is 0 Å². The minimum absolute atomic E-state index is 0.00287. The largest absolute Gasteiger partial charge is 0.299 e. The molecule has 24 heavy (non-hydrogen) atoms. The second-order valence-electron chi connectivity index (χ2n) is 5.16. The van der Waals surface area contributed by atoms with E-state index in [2.05, 4.69) is 4.98 Å². The van der Waals surface area contributed by atoms with Gasteiger partial charge in [0, 0.05) is 10.0 Å². The van der Waals surface area contributed by atoms with Crippen LogP contribution in [-0.2, 0) is 4.79 Å². The summed E-state index contributed by atoms with van der Waals surface area (Å²) in [5.41, 5.74) is 0.925. The summed E-state index contributed by atoms with van der Waals surface area (Å²) < 4.78 is 1.49. The van der Waals surface area contributed by atoms with Crippen LogP contribution in [0.25, 0.3) is 16.6 Å². The number of benzene rings is 2. The first-order valence-corrected chi connectivity index (χ1v) is 8.80. The molecule has 2 aromatic carbocycles. The van der Waals surface area contributed by atoms with Crippen molar-refractivity contribution in [2.75, 3.05) is 5.75 Å². The Hall–Kier alpha value is -1.82. The number of rotatable bonds is 4. The lowest BCUT2D eigenvalue weighted by atomic mass is 10.2. The van der Waals surface area contributed by atoms with Crippen LogP contribution in [0.4, 0.5) is 0 Å². The molecule has 122 valence electrons. The number of Topliss-reactive ketones (excluding diaryl/α,β-unsaturated/α-hetero) is 1. The second-order valence-corrected chi connectivity index (χ2v) is 6.98. The molecule has 0 bridgehead atoms. The van der Waals surface area contributed by atoms with Gasteiger partial charge in [-0.1, -0.05) is 35.0 Å². The van der Waals surface area contributed by atoms with Gasteiger partial charge in [0.2, 0.25) is 0 Å². The molecule has 0 aliphatic heterocycles. The monoisotopic (exact) mass is 378 g/mol. The zero-order valence-electron chi connectivity index (χ0n) is 12.6. The van der Waals surface area contributed by atoms with Gasteiger partial charge < -0.3 is 0 Å². The van der Waals surface area contributed by atoms with E-state index in [0.29, 0.717) is 31.8 Å². The van der Waals surface area contributed by atoms with Gasteiger partial charge in [-0.3, -0.25) is 14.2 Å². The number of thioether (sulfide) groups is 1. The summed E-state index contributed by atoms with van der Waals surface area (Å²) in [6.07, 6.45) is 0. The SMILES string of the molecule is CC(=O)CSc1nc2cc(Cl)ccc2c(=O)n1-c1ccc(Cl)cc1. The molecule has 0 unspecified atom stereocenters. The first-order valence-electron chi connectivity index (χ1n) is 7.06. The molecule has 0 atom stereocenters. The van der Waals surface area contributed by atoms with Crippen LogP contribution in [0.1, 0.15) is 6.92 Å². The van der Waals surface area contributed by atoms with Crippen molar-refractivity contribution >= 4 is 51.6 Å². The summed E-state index contributed by atoms with van der Waals surface area (Å²) in [6.45, 7) is 1.50. The van der Waals surface area contributed by atoms with E-state index in [1.807, 2.05) is 0 Å². The van der Waals surface area contributed by atoms with Crippen LogP contribution < -0.4 is 5.56 Å². The summed E-state index contributed by atoms with van der Waals surface area (Å²) in [5.74, 6) is 0.231. The summed E-state index contributed by atoms with van der Waals surface area (Å²) in [7, 11) is 0. The highest BCUT2D eigenvalue weighted by molar-refractivity contribution is 7.99. The number of hydrogen-bond acceptors (Lipinski definition) is 4. The van der Waals surface area contributed by atoms with Crippen molar-refractivity contribution in [3.8, 4) is 5.69 Å². The summed E-state index contributed by atoms with van der Waals surface area (Å²) in [5, 5.41) is 1.97. The minimum atomic E-state index is -0.218. The molecule has 1 heterocycles. The van der Waals surface area contributed by atoms with E-state index in [9.17, 15) is 9.59 Å². The van der Waals surface area contributed by atoms with Crippen molar-refractivity contribution in [3.05, 3.63) is 62.9 Å². The number of hydrogen-bond donors (Lipinski definition) is 0. The predicted octanol–water partition coefficient (Wildman–Crippen LogP) is 4.37. The number of halogens is 2. The van der Waals surface area contributed by atoms with Crippen LogP contribution in [-0.4, -0.2) is 21.1 Å². The third-order valence-electron chi connectivity index (χ3n) is 3.29. The van der Waals surface area contributed by atoms with Gasteiger partial charge in [0.1, 0.15) is 5.78 Å². The molecular weight excluding hydrogens is 367 g/mol. The first kappa shape index (κ1) is 17.0. The van der Waals surface area contributed by atoms with E-state index < -0.39 is 0 Å². The third-order valence-corrected chi connectivity index (χ3v) is 4.86. The normalized spacial score (nSPS) is 11.0. The van der Waals surface area contributed by atoms with Crippen LogP contribution in [0.15, 0.2) is 52.4 Å². The van der Waals surface area contributed by atoms with Crippen LogP contribution in [0, 0.1) is 0 Å². The maximum Gasteiger partial charge on any atom is 0.266 e. The van der Waals surface area contributed by atoms with E-state index in [-0.39, 0.29) is 17.1 Å². The Morgan fingerprint density at radius 3 is 2.46 bits per heavy atom. The molecule has 4 nitrogen and oxygen atoms in total. The molecule has 0 N–H and O–H groups in total. The van der Waals surface area contributed by atoms with Crippen molar-refractivity contribution in [3.63, 3.8) is 0 Å². The lowest BCUT2D eigenvalue weighted by Gasteiger charge is -2.13. The zero-order valence-corrected chi connectivity index (χ0v) is 15.0. The molecule has 0 radical (unpaired) electrons. The average Bonchev–Trinajstić information content (AvgIpc) is 2.54. The lowest BCUT2D eigenvalue weighted by Crippen LogP contribution is -2.22. The molecule has 0 spiro atoms. The van der Waals surface area contributed by atoms with Crippen LogP contribution in [0.3, 0.4) is 0 Å². The number of carbonyl (C=O) groups excluding carboxylic acids is 1. The number of aromatic nitrogens is 2. The number of ketones is 1. The Bertz CT molecular complexity index is 984. The fourth-order valence-electron chi connectivity index (χ4n) is 2.22. The van der Waals surface area contributed by atoms with Gasteiger partial charge in [0.25, 0.3) is 5.56 Å². The minimum Gasteiger partial charge on any atom is -0.299 e. The number of carbonyl (C=O) groups is 1. The van der Waals surface area contributed by atoms with Gasteiger partial charge in [-0.25, -0.2) is 4.98 Å². The van der Waals surface area contributed by atoms with Crippen molar-refractivity contribution < 1.29 is 4.79 Å². The fraction of sp³-hybridized carbons (Fsp3) is 0.118. The quantitative estimate of drug-likeness (QED) is 0.499. The Labute approximate surface area is 152 Å². The topological polar surface area (TPSA) is 52.0 Å². The molecule has 0 saturated carbocycles. The van der Waals surface area contributed by atoms with Crippen molar-refractivity contribution in [1.29, 1.82) is 0 Å². The molecule has 0 aliphatic rings. The van der Waals surface area contributed by atoms with E-state index in [4.69, 9.17) is 23.2 Å². The predicted molar refractivity (Wildman–Crippen MR) is 98.8 cm³/mol. The molecule has 3 rings (SSSR count). The maximum atomic E-state index is 12.9. The van der Waals surface area contributed by atoms with E-state index in [1.165, 1.54) is 23.3 Å². The summed E-state index contributed by atoms with van der Waals surface area (Å²) in [4.78, 5) is 28.8. The van der Waals surface area contributed by atoms with Crippen LogP contribution >= 0.6 is 35.0 Å². The molecule has 1 aromatic heterocycles. The highest BCUT2D eigenvalue weighted by atomic mass is 35.5. The Kier molecular flexibility index (Phi) is 4.94. The van der Waals surface area contributed by atoms with Crippen LogP contribution in [0.2, 0.25) is 10.0 Å². The zero-order chi connectivity index (χ0) is 17.3. The molecule has 3 aromatic rings. The van der Waals surface area contributed by atoms with Gasteiger partial charge in [-0.15, -0.1) is 0 Å². The standard InChI is InChI=1S/C17H12Cl2N2O2S/c1-10(22)9-24-17-20-15-8-12(19)4-7-14(15)16(23)21(17)13-5-2-11(18)3-6-13/h2-8H,9H2,1H3. The van der Waals surface area contributed by atoms with E-state index in [0.717, 1.165) is 0 Å². The molecule has 0 fully saturated rings. The molecular formula is C17H12Cl2N2O2S. The Balaban J connectivity index is 2.27. The molecule has 0 saturated heterocycles. The number of fused-ring (bicyclic) bond motifs is 1. The van der Waals surface area contributed by atoms with Gasteiger partial charge >= 0.3 is 0 Å². The molecule has 7 heteroatoms. The highest BCUT2D eigenvalue weighted by Gasteiger charge is 2.14. The summed E-state index contributed by atoms with van der Waals surface area (Å²) in [6, 6.07) is 11.8. The van der Waals surface area contributed by atoms with Gasteiger partial charge in [0.05, 0.1) is 22.3 Å². The Morgan fingerprint density at radius 2 is 1.79 bits per heavy atom. The van der Waals surface area contributed by atoms with E-state index >= 15 is 0 Å². The molecule has 0 aliphatic carbocycles. The lowest BCUT2D eigenvalue weighted by molar-refractivity contribution is -0.114. The second kappa shape index (κ2) is 6.97. The van der Waals surface area contributed by atoms with Crippen LogP contribution in [0.5, 0.6) is 0 Å². The van der Waals surface area contributed by atoms with Gasteiger partial charge in [-0.05, 0) is 49.4 Å². The van der Waals surface area contributed by atoms with Crippen molar-refractivity contribution in [2.24, 2.45) is 0 Å². The fourth-order valence-corrected chi connectivity index (χ4v) is 3.32. The smallest absolute Gasteiger partial charge is 0.266 e. The van der Waals surface area contributed by atoms with Crippen molar-refractivity contribution in [2.45, 2.75) is 12.1 Å². The first-order chi connectivity index (χ1) is 11.5. The average molecular weight is 379 g/mol. The van der Waals surface area contributed by atoms with Crippen molar-refractivity contribution in [1.82, 2.24) is 9.55 Å². The van der Waals surface area contributed by atoms with Gasteiger partial charge in [0.15, 0.2) is 5.16 Å².